The number of rotatable bonds is 22. The van der Waals surface area contributed by atoms with Gasteiger partial charge in [0.05, 0.1) is 23.6 Å². The number of ether oxygens (including phenoxy) is 3. The second-order valence-electron chi connectivity index (χ2n) is 17.5. The molecule has 0 saturated heterocycles. The lowest BCUT2D eigenvalue weighted by atomic mass is 9.62. The van der Waals surface area contributed by atoms with E-state index in [1.54, 1.807) is 25.3 Å². The summed E-state index contributed by atoms with van der Waals surface area (Å²) in [5.41, 5.74) is 3.65. The third-order valence-electron chi connectivity index (χ3n) is 9.97. The SMILES string of the molecule is CCCN(C(=O)NC)C(=O)C(CCC(CC(N)(C(C)C)C(NC(=O)c1ccccc1OCCCCOC)(O[Si](C)C)C(C)(C)C)C(=O)OC(C)(C)C)C(C)C. The van der Waals surface area contributed by atoms with Gasteiger partial charge in [0.25, 0.3) is 5.91 Å². The average molecular weight is 792 g/mol. The van der Waals surface area contributed by atoms with Gasteiger partial charge in [0, 0.05) is 38.6 Å². The summed E-state index contributed by atoms with van der Waals surface area (Å²) < 4.78 is 24.3. The second-order valence-corrected chi connectivity index (χ2v) is 19.6. The third kappa shape index (κ3) is 14.2. The first-order valence-electron chi connectivity index (χ1n) is 20.0. The number of benzene rings is 1. The van der Waals surface area contributed by atoms with E-state index in [9.17, 15) is 19.2 Å². The smallest absolute Gasteiger partial charge is 0.323 e. The van der Waals surface area contributed by atoms with Crippen LogP contribution in [0, 0.1) is 29.1 Å². The molecular formula is C42H75N4O8Si. The number of amides is 4. The number of imide groups is 1. The first-order chi connectivity index (χ1) is 25.4. The van der Waals surface area contributed by atoms with Crippen molar-refractivity contribution in [2.75, 3.05) is 33.9 Å². The molecular weight excluding hydrogens is 717 g/mol. The van der Waals surface area contributed by atoms with E-state index < -0.39 is 61.1 Å². The minimum atomic E-state index is -1.55. The van der Waals surface area contributed by atoms with Crippen LogP contribution in [-0.2, 0) is 23.5 Å². The zero-order valence-corrected chi connectivity index (χ0v) is 37.8. The Labute approximate surface area is 334 Å². The van der Waals surface area contributed by atoms with Crippen LogP contribution in [0.5, 0.6) is 5.75 Å². The molecule has 0 fully saturated rings. The van der Waals surface area contributed by atoms with Gasteiger partial charge in [0.2, 0.25) is 14.9 Å². The lowest BCUT2D eigenvalue weighted by Gasteiger charge is -2.58. The van der Waals surface area contributed by atoms with Crippen molar-refractivity contribution < 1.29 is 37.8 Å². The van der Waals surface area contributed by atoms with E-state index in [4.69, 9.17) is 24.4 Å². The number of unbranched alkanes of at least 4 members (excludes halogenated alkanes) is 1. The van der Waals surface area contributed by atoms with Crippen molar-refractivity contribution in [2.24, 2.45) is 34.8 Å². The number of hydrogen-bond donors (Lipinski definition) is 3. The van der Waals surface area contributed by atoms with Crippen LogP contribution < -0.4 is 21.1 Å². The van der Waals surface area contributed by atoms with Crippen LogP contribution in [0.15, 0.2) is 24.3 Å². The molecule has 12 nitrogen and oxygen atoms in total. The molecule has 4 unspecified atom stereocenters. The van der Waals surface area contributed by atoms with Gasteiger partial charge in [0.15, 0.2) is 5.72 Å². The summed E-state index contributed by atoms with van der Waals surface area (Å²) in [6.45, 7) is 26.5. The van der Waals surface area contributed by atoms with Crippen LogP contribution in [0.4, 0.5) is 4.79 Å². The van der Waals surface area contributed by atoms with Crippen molar-refractivity contribution >= 4 is 32.9 Å². The molecule has 1 rings (SSSR count). The molecule has 4 N–H and O–H groups in total. The summed E-state index contributed by atoms with van der Waals surface area (Å²) in [4.78, 5) is 56.8. The number of nitrogens with zero attached hydrogens (tertiary/aromatic N) is 1. The highest BCUT2D eigenvalue weighted by Crippen LogP contribution is 2.47. The maximum absolute atomic E-state index is 14.6. The number of carbonyl (C=O) groups is 4. The Kier molecular flexibility index (Phi) is 20.1. The Balaban J connectivity index is 3.88. The van der Waals surface area contributed by atoms with Gasteiger partial charge in [-0.2, -0.15) is 0 Å². The first kappa shape index (κ1) is 50.0. The number of methoxy groups -OCH3 is 1. The van der Waals surface area contributed by atoms with E-state index in [0.717, 1.165) is 12.8 Å². The molecule has 4 amide bonds. The summed E-state index contributed by atoms with van der Waals surface area (Å²) in [7, 11) is 1.62. The van der Waals surface area contributed by atoms with Crippen LogP contribution in [0.2, 0.25) is 13.1 Å². The molecule has 315 valence electrons. The monoisotopic (exact) mass is 792 g/mol. The normalized spacial score (nSPS) is 15.5. The lowest BCUT2D eigenvalue weighted by Crippen LogP contribution is -2.78. The number of hydrogen-bond acceptors (Lipinski definition) is 9. The average Bonchev–Trinajstić information content (AvgIpc) is 3.07. The van der Waals surface area contributed by atoms with Gasteiger partial charge in [0.1, 0.15) is 11.4 Å². The van der Waals surface area contributed by atoms with E-state index in [1.165, 1.54) is 11.9 Å². The topological polar surface area (TPSA) is 159 Å². The fourth-order valence-electron chi connectivity index (χ4n) is 7.00. The molecule has 0 bridgehead atoms. The standard InChI is InChI=1S/C42H75N4O8Si/c1-16-25-46(38(50)44-12)36(48)32(29(2)3)24-23-31(37(49)53-40(9,10)11)28-41(43,30(4)5)42(39(6,7)8,54-55(14)15)45-35(47)33-21-17-18-22-34(33)52-27-20-19-26-51-13/h17-18,21-22,29-32H,16,19-20,23-28,43H2,1-15H3,(H,44,50)(H,45,47). The Bertz CT molecular complexity index is 1380. The highest BCUT2D eigenvalue weighted by molar-refractivity contribution is 6.48. The zero-order valence-electron chi connectivity index (χ0n) is 36.8. The van der Waals surface area contributed by atoms with Crippen LogP contribution >= 0.6 is 0 Å². The first-order valence-corrected chi connectivity index (χ1v) is 22.4. The molecule has 1 aromatic rings. The molecule has 0 aliphatic carbocycles. The summed E-state index contributed by atoms with van der Waals surface area (Å²) >= 11 is 0. The molecule has 4 atom stereocenters. The predicted molar refractivity (Wildman–Crippen MR) is 221 cm³/mol. The Morgan fingerprint density at radius 3 is 2.02 bits per heavy atom. The highest BCUT2D eigenvalue weighted by atomic mass is 28.3. The van der Waals surface area contributed by atoms with Crippen molar-refractivity contribution in [3.05, 3.63) is 29.8 Å². The number of nitrogens with two attached hydrogens (primary N) is 1. The van der Waals surface area contributed by atoms with Crippen LogP contribution in [0.1, 0.15) is 125 Å². The van der Waals surface area contributed by atoms with Crippen molar-refractivity contribution in [3.63, 3.8) is 0 Å². The van der Waals surface area contributed by atoms with E-state index in [-0.39, 0.29) is 37.1 Å². The Hall–Kier alpha value is -3.00. The fourth-order valence-corrected chi connectivity index (χ4v) is 8.15. The largest absolute Gasteiger partial charge is 0.493 e. The van der Waals surface area contributed by atoms with Gasteiger partial charge < -0.3 is 35.0 Å². The molecule has 13 heteroatoms. The van der Waals surface area contributed by atoms with Gasteiger partial charge in [-0.3, -0.25) is 19.3 Å². The van der Waals surface area contributed by atoms with Gasteiger partial charge in [-0.15, -0.1) is 0 Å². The maximum Gasteiger partial charge on any atom is 0.323 e. The van der Waals surface area contributed by atoms with Gasteiger partial charge in [-0.1, -0.05) is 67.5 Å². The molecule has 0 aromatic heterocycles. The molecule has 0 spiro atoms. The summed E-state index contributed by atoms with van der Waals surface area (Å²) in [6, 6.07) is 6.65. The Morgan fingerprint density at radius 2 is 1.53 bits per heavy atom. The van der Waals surface area contributed by atoms with E-state index in [0.29, 0.717) is 37.4 Å². The number of nitrogens with one attached hydrogen (secondary N) is 2. The molecule has 0 aliphatic heterocycles. The van der Waals surface area contributed by atoms with Gasteiger partial charge in [-0.05, 0) is 96.4 Å². The van der Waals surface area contributed by atoms with Gasteiger partial charge >= 0.3 is 12.0 Å². The van der Waals surface area contributed by atoms with Crippen molar-refractivity contribution in [1.29, 1.82) is 0 Å². The highest BCUT2D eigenvalue weighted by Gasteiger charge is 2.61. The summed E-state index contributed by atoms with van der Waals surface area (Å²) in [5, 5.41) is 5.90. The van der Waals surface area contributed by atoms with E-state index in [1.807, 2.05) is 95.3 Å². The maximum atomic E-state index is 14.6. The van der Waals surface area contributed by atoms with E-state index in [2.05, 4.69) is 10.6 Å². The van der Waals surface area contributed by atoms with Crippen molar-refractivity contribution in [3.8, 4) is 5.75 Å². The molecule has 1 radical (unpaired) electrons. The fraction of sp³-hybridized carbons (Fsp3) is 0.762. The molecule has 0 saturated carbocycles. The third-order valence-corrected chi connectivity index (χ3v) is 10.7. The minimum absolute atomic E-state index is 0.0804. The van der Waals surface area contributed by atoms with Crippen molar-refractivity contribution in [1.82, 2.24) is 15.5 Å². The molecule has 1 aromatic carbocycles. The van der Waals surface area contributed by atoms with Crippen LogP contribution in [0.25, 0.3) is 0 Å². The van der Waals surface area contributed by atoms with Gasteiger partial charge in [-0.25, -0.2) is 4.79 Å². The predicted octanol–water partition coefficient (Wildman–Crippen LogP) is 7.56. The molecule has 0 heterocycles. The quantitative estimate of drug-likeness (QED) is 0.0466. The molecule has 55 heavy (non-hydrogen) atoms. The minimum Gasteiger partial charge on any atom is -0.493 e. The number of esters is 1. The summed E-state index contributed by atoms with van der Waals surface area (Å²) in [5.74, 6) is -2.47. The number of urea groups is 1. The molecule has 0 aliphatic rings. The van der Waals surface area contributed by atoms with Crippen molar-refractivity contribution in [2.45, 2.75) is 145 Å². The lowest BCUT2D eigenvalue weighted by molar-refractivity contribution is -0.167. The van der Waals surface area contributed by atoms with Crippen LogP contribution in [0.3, 0.4) is 0 Å². The Morgan fingerprint density at radius 1 is 0.927 bits per heavy atom. The second kappa shape index (κ2) is 22.1. The van der Waals surface area contributed by atoms with E-state index >= 15 is 0 Å². The van der Waals surface area contributed by atoms with Crippen LogP contribution in [-0.4, -0.2) is 88.5 Å². The zero-order chi connectivity index (χ0) is 42.4. The summed E-state index contributed by atoms with van der Waals surface area (Å²) in [6.07, 6.45) is 2.84. The number of carbonyl (C=O) groups excluding carboxylic acids is 4. The number of para-hydroxylation sites is 1.